The standard InChI is InChI=1S/C17H20Cl2N4O/c1-11-7-15(21-16(24)8-12-5-3-2-4-6-12)23(22-11)17-14(19)9-13(18)10-20-17/h7,9-10,12H,2-6,8H2,1H3,(H,21,24). The van der Waals surface area contributed by atoms with E-state index in [4.69, 9.17) is 23.2 Å². The number of halogens is 2. The minimum Gasteiger partial charge on any atom is -0.311 e. The minimum absolute atomic E-state index is 0.00753. The molecule has 0 aromatic carbocycles. The van der Waals surface area contributed by atoms with Crippen LogP contribution in [0.15, 0.2) is 18.3 Å². The molecule has 7 heteroatoms. The topological polar surface area (TPSA) is 59.8 Å². The van der Waals surface area contributed by atoms with E-state index in [-0.39, 0.29) is 5.91 Å². The highest BCUT2D eigenvalue weighted by Gasteiger charge is 2.19. The molecule has 0 saturated heterocycles. The molecule has 0 radical (unpaired) electrons. The second-order valence-corrected chi connectivity index (χ2v) is 7.14. The third-order valence-electron chi connectivity index (χ3n) is 4.29. The normalized spacial score (nSPS) is 15.5. The fourth-order valence-electron chi connectivity index (χ4n) is 3.16. The number of pyridine rings is 1. The Labute approximate surface area is 151 Å². The summed E-state index contributed by atoms with van der Waals surface area (Å²) in [5.74, 6) is 1.51. The van der Waals surface area contributed by atoms with E-state index in [1.807, 2.05) is 13.0 Å². The van der Waals surface area contributed by atoms with Crippen LogP contribution in [0.3, 0.4) is 0 Å². The molecular formula is C17H20Cl2N4O. The smallest absolute Gasteiger partial charge is 0.225 e. The van der Waals surface area contributed by atoms with E-state index in [1.54, 1.807) is 10.7 Å². The molecule has 0 unspecified atom stereocenters. The van der Waals surface area contributed by atoms with Crippen molar-refractivity contribution >= 4 is 34.9 Å². The molecule has 0 atom stereocenters. The summed E-state index contributed by atoms with van der Waals surface area (Å²) in [7, 11) is 0. The number of aryl methyl sites for hydroxylation is 1. The molecule has 0 bridgehead atoms. The molecule has 2 heterocycles. The Morgan fingerprint density at radius 1 is 1.29 bits per heavy atom. The summed E-state index contributed by atoms with van der Waals surface area (Å²) >= 11 is 12.1. The van der Waals surface area contributed by atoms with E-state index >= 15 is 0 Å². The summed E-state index contributed by atoms with van der Waals surface area (Å²) < 4.78 is 1.55. The van der Waals surface area contributed by atoms with Crippen molar-refractivity contribution in [3.05, 3.63) is 34.1 Å². The van der Waals surface area contributed by atoms with Crippen molar-refractivity contribution in [2.45, 2.75) is 45.4 Å². The van der Waals surface area contributed by atoms with Gasteiger partial charge in [-0.15, -0.1) is 0 Å². The fraction of sp³-hybridized carbons (Fsp3) is 0.471. The van der Waals surface area contributed by atoms with Crippen LogP contribution in [0.5, 0.6) is 0 Å². The van der Waals surface area contributed by atoms with E-state index in [0.29, 0.717) is 34.0 Å². The molecular weight excluding hydrogens is 347 g/mol. The molecule has 0 aliphatic heterocycles. The van der Waals surface area contributed by atoms with Crippen LogP contribution in [-0.2, 0) is 4.79 Å². The van der Waals surface area contributed by atoms with E-state index in [1.165, 1.54) is 25.5 Å². The average Bonchev–Trinajstić information content (AvgIpc) is 2.88. The monoisotopic (exact) mass is 366 g/mol. The third-order valence-corrected chi connectivity index (χ3v) is 4.77. The number of nitrogens with zero attached hydrogens (tertiary/aromatic N) is 3. The van der Waals surface area contributed by atoms with Crippen LogP contribution in [-0.4, -0.2) is 20.7 Å². The summed E-state index contributed by atoms with van der Waals surface area (Å²) in [4.78, 5) is 16.6. The van der Waals surface area contributed by atoms with Gasteiger partial charge in [0.2, 0.25) is 5.91 Å². The number of aromatic nitrogens is 3. The lowest BCUT2D eigenvalue weighted by molar-refractivity contribution is -0.117. The zero-order valence-electron chi connectivity index (χ0n) is 13.6. The molecule has 128 valence electrons. The first-order chi connectivity index (χ1) is 11.5. The van der Waals surface area contributed by atoms with E-state index in [0.717, 1.165) is 18.5 Å². The summed E-state index contributed by atoms with van der Waals surface area (Å²) in [5.41, 5.74) is 0.774. The first-order valence-corrected chi connectivity index (χ1v) is 8.96. The first kappa shape index (κ1) is 17.2. The molecule has 2 aromatic heterocycles. The molecule has 3 rings (SSSR count). The SMILES string of the molecule is Cc1cc(NC(=O)CC2CCCCC2)n(-c2ncc(Cl)cc2Cl)n1. The Morgan fingerprint density at radius 2 is 2.04 bits per heavy atom. The highest BCUT2D eigenvalue weighted by atomic mass is 35.5. The van der Waals surface area contributed by atoms with E-state index in [9.17, 15) is 4.79 Å². The predicted molar refractivity (Wildman–Crippen MR) is 95.9 cm³/mol. The van der Waals surface area contributed by atoms with Gasteiger partial charge in [-0.1, -0.05) is 42.5 Å². The minimum atomic E-state index is 0.00753. The molecule has 1 fully saturated rings. The molecule has 24 heavy (non-hydrogen) atoms. The average molecular weight is 367 g/mol. The van der Waals surface area contributed by atoms with Crippen LogP contribution in [0, 0.1) is 12.8 Å². The Hall–Kier alpha value is -1.59. The van der Waals surface area contributed by atoms with Crippen molar-refractivity contribution < 1.29 is 4.79 Å². The van der Waals surface area contributed by atoms with Crippen molar-refractivity contribution in [3.8, 4) is 5.82 Å². The largest absolute Gasteiger partial charge is 0.311 e. The van der Waals surface area contributed by atoms with Crippen molar-refractivity contribution in [1.29, 1.82) is 0 Å². The van der Waals surface area contributed by atoms with Crippen LogP contribution in [0.4, 0.5) is 5.82 Å². The Kier molecular flexibility index (Phi) is 5.41. The van der Waals surface area contributed by atoms with Gasteiger partial charge in [-0.25, -0.2) is 4.98 Å². The maximum absolute atomic E-state index is 12.4. The van der Waals surface area contributed by atoms with Gasteiger partial charge < -0.3 is 5.32 Å². The molecule has 0 spiro atoms. The number of amides is 1. The molecule has 1 saturated carbocycles. The van der Waals surface area contributed by atoms with Gasteiger partial charge in [0.15, 0.2) is 5.82 Å². The Morgan fingerprint density at radius 3 is 2.75 bits per heavy atom. The molecule has 2 aromatic rings. The van der Waals surface area contributed by atoms with Gasteiger partial charge in [-0.2, -0.15) is 9.78 Å². The lowest BCUT2D eigenvalue weighted by Gasteiger charge is -2.20. The number of anilines is 1. The summed E-state index contributed by atoms with van der Waals surface area (Å²) in [6.07, 6.45) is 8.05. The van der Waals surface area contributed by atoms with Crippen molar-refractivity contribution in [3.63, 3.8) is 0 Å². The summed E-state index contributed by atoms with van der Waals surface area (Å²) in [6.45, 7) is 1.86. The number of carbonyl (C=O) groups is 1. The number of hydrogen-bond donors (Lipinski definition) is 1. The number of rotatable bonds is 4. The van der Waals surface area contributed by atoms with Crippen LogP contribution >= 0.6 is 23.2 Å². The van der Waals surface area contributed by atoms with Gasteiger partial charge in [-0.3, -0.25) is 4.79 Å². The van der Waals surface area contributed by atoms with Gasteiger partial charge in [0.05, 0.1) is 15.7 Å². The quantitative estimate of drug-likeness (QED) is 0.845. The van der Waals surface area contributed by atoms with E-state index < -0.39 is 0 Å². The maximum atomic E-state index is 12.4. The summed E-state index contributed by atoms with van der Waals surface area (Å²) in [5, 5.41) is 8.17. The number of carbonyl (C=O) groups excluding carboxylic acids is 1. The molecule has 1 N–H and O–H groups in total. The van der Waals surface area contributed by atoms with Gasteiger partial charge in [0.1, 0.15) is 5.82 Å². The second kappa shape index (κ2) is 7.53. The zero-order valence-corrected chi connectivity index (χ0v) is 15.1. The lowest BCUT2D eigenvalue weighted by Crippen LogP contribution is -2.20. The maximum Gasteiger partial charge on any atom is 0.225 e. The van der Waals surface area contributed by atoms with Crippen molar-refractivity contribution in [2.75, 3.05) is 5.32 Å². The summed E-state index contributed by atoms with van der Waals surface area (Å²) in [6, 6.07) is 3.42. The highest BCUT2D eigenvalue weighted by Crippen LogP contribution is 2.28. The zero-order chi connectivity index (χ0) is 17.1. The molecule has 1 amide bonds. The van der Waals surface area contributed by atoms with Gasteiger partial charge in [-0.05, 0) is 31.7 Å². The second-order valence-electron chi connectivity index (χ2n) is 6.30. The van der Waals surface area contributed by atoms with Gasteiger partial charge in [0.25, 0.3) is 0 Å². The third kappa shape index (κ3) is 4.08. The number of nitrogens with one attached hydrogen (secondary N) is 1. The van der Waals surface area contributed by atoms with Crippen molar-refractivity contribution in [1.82, 2.24) is 14.8 Å². The Bertz CT molecular complexity index is 738. The van der Waals surface area contributed by atoms with Crippen LogP contribution in [0.2, 0.25) is 10.0 Å². The highest BCUT2D eigenvalue weighted by molar-refractivity contribution is 6.35. The van der Waals surface area contributed by atoms with E-state index in [2.05, 4.69) is 15.4 Å². The predicted octanol–water partition coefficient (Wildman–Crippen LogP) is 4.79. The molecule has 5 nitrogen and oxygen atoms in total. The molecule has 1 aliphatic rings. The Balaban J connectivity index is 1.77. The molecule has 1 aliphatic carbocycles. The van der Waals surface area contributed by atoms with Crippen LogP contribution < -0.4 is 5.32 Å². The number of hydrogen-bond acceptors (Lipinski definition) is 3. The van der Waals surface area contributed by atoms with Crippen LogP contribution in [0.1, 0.15) is 44.2 Å². The van der Waals surface area contributed by atoms with Gasteiger partial charge >= 0.3 is 0 Å². The van der Waals surface area contributed by atoms with Crippen LogP contribution in [0.25, 0.3) is 5.82 Å². The fourth-order valence-corrected chi connectivity index (χ4v) is 3.62. The van der Waals surface area contributed by atoms with Gasteiger partial charge in [0, 0.05) is 18.7 Å². The lowest BCUT2D eigenvalue weighted by atomic mass is 9.87. The van der Waals surface area contributed by atoms with Crippen molar-refractivity contribution in [2.24, 2.45) is 5.92 Å². The first-order valence-electron chi connectivity index (χ1n) is 8.21.